The number of hydrogen-bond donors (Lipinski definition) is 1. The third kappa shape index (κ3) is 5.19. The quantitative estimate of drug-likeness (QED) is 0.498. The zero-order valence-corrected chi connectivity index (χ0v) is 8.07. The van der Waals surface area contributed by atoms with Crippen molar-refractivity contribution in [2.45, 2.75) is 27.1 Å². The Morgan fingerprint density at radius 3 is 2.15 bits per heavy atom. The fourth-order valence-electron chi connectivity index (χ4n) is 0.557. The standard InChI is InChI=1S/C8H15NO4/c1-5(2)8(11)13-6(3)12-7(10)4-9/h5-6H,4,9H2,1-3H3. The maximum atomic E-state index is 11.0. The summed E-state index contributed by atoms with van der Waals surface area (Å²) in [6.45, 7) is 4.64. The molecule has 0 saturated carbocycles. The second-order valence-electron chi connectivity index (χ2n) is 2.85. The maximum Gasteiger partial charge on any atom is 0.322 e. The molecule has 0 fully saturated rings. The number of nitrogens with two attached hydrogens (primary N) is 1. The highest BCUT2D eigenvalue weighted by Gasteiger charge is 2.15. The highest BCUT2D eigenvalue weighted by atomic mass is 16.7. The number of hydrogen-bond acceptors (Lipinski definition) is 5. The van der Waals surface area contributed by atoms with Crippen LogP contribution in [0.25, 0.3) is 0 Å². The van der Waals surface area contributed by atoms with E-state index in [9.17, 15) is 9.59 Å². The molecule has 0 aliphatic carbocycles. The summed E-state index contributed by atoms with van der Waals surface area (Å²) < 4.78 is 9.36. The molecule has 0 aliphatic heterocycles. The summed E-state index contributed by atoms with van der Waals surface area (Å²) in [6.07, 6.45) is -0.869. The van der Waals surface area contributed by atoms with Gasteiger partial charge in [-0.15, -0.1) is 0 Å². The van der Waals surface area contributed by atoms with Crippen LogP contribution in [0.3, 0.4) is 0 Å². The molecule has 0 saturated heterocycles. The molecule has 2 N–H and O–H groups in total. The van der Waals surface area contributed by atoms with Crippen LogP contribution in [0.1, 0.15) is 20.8 Å². The fraction of sp³-hybridized carbons (Fsp3) is 0.750. The highest BCUT2D eigenvalue weighted by molar-refractivity contribution is 5.73. The average Bonchev–Trinajstić information content (AvgIpc) is 2.03. The summed E-state index contributed by atoms with van der Waals surface area (Å²) in [5.41, 5.74) is 5.00. The first-order chi connectivity index (χ1) is 5.97. The smallest absolute Gasteiger partial charge is 0.322 e. The third-order valence-corrected chi connectivity index (χ3v) is 1.22. The normalized spacial score (nSPS) is 12.4. The Bertz CT molecular complexity index is 191. The van der Waals surface area contributed by atoms with Gasteiger partial charge >= 0.3 is 11.9 Å². The molecule has 0 amide bonds. The first-order valence-corrected chi connectivity index (χ1v) is 4.07. The van der Waals surface area contributed by atoms with Crippen molar-refractivity contribution in [2.24, 2.45) is 11.7 Å². The van der Waals surface area contributed by atoms with Gasteiger partial charge in [0.05, 0.1) is 12.5 Å². The summed E-state index contributed by atoms with van der Waals surface area (Å²) in [5, 5.41) is 0. The molecule has 0 aromatic carbocycles. The van der Waals surface area contributed by atoms with Crippen molar-refractivity contribution in [1.82, 2.24) is 0 Å². The lowest BCUT2D eigenvalue weighted by molar-refractivity contribution is -0.185. The molecule has 0 aromatic rings. The van der Waals surface area contributed by atoms with Gasteiger partial charge < -0.3 is 15.2 Å². The lowest BCUT2D eigenvalue weighted by Gasteiger charge is -2.14. The molecule has 0 spiro atoms. The van der Waals surface area contributed by atoms with Crippen LogP contribution in [0, 0.1) is 5.92 Å². The summed E-state index contributed by atoms with van der Waals surface area (Å²) >= 11 is 0. The third-order valence-electron chi connectivity index (χ3n) is 1.22. The molecule has 0 radical (unpaired) electrons. The maximum absolute atomic E-state index is 11.0. The van der Waals surface area contributed by atoms with Gasteiger partial charge in [-0.1, -0.05) is 13.8 Å². The summed E-state index contributed by atoms with van der Waals surface area (Å²) in [7, 11) is 0. The highest BCUT2D eigenvalue weighted by Crippen LogP contribution is 2.01. The molecule has 1 atom stereocenters. The number of carbonyl (C=O) groups is 2. The average molecular weight is 189 g/mol. The second-order valence-corrected chi connectivity index (χ2v) is 2.85. The van der Waals surface area contributed by atoms with E-state index >= 15 is 0 Å². The molecule has 0 bridgehead atoms. The van der Waals surface area contributed by atoms with Gasteiger partial charge in [0.15, 0.2) is 0 Å². The molecule has 1 unspecified atom stereocenters. The Morgan fingerprint density at radius 2 is 1.77 bits per heavy atom. The van der Waals surface area contributed by atoms with E-state index in [0.29, 0.717) is 0 Å². The zero-order chi connectivity index (χ0) is 10.4. The van der Waals surface area contributed by atoms with Crippen molar-refractivity contribution >= 4 is 11.9 Å². The van der Waals surface area contributed by atoms with Gasteiger partial charge in [0.2, 0.25) is 6.29 Å². The van der Waals surface area contributed by atoms with E-state index in [1.807, 2.05) is 0 Å². The van der Waals surface area contributed by atoms with Crippen molar-refractivity contribution in [1.29, 1.82) is 0 Å². The predicted octanol–water partition coefficient (Wildman–Crippen LogP) is 0.0335. The molecule has 0 rings (SSSR count). The van der Waals surface area contributed by atoms with Crippen LogP contribution < -0.4 is 5.73 Å². The van der Waals surface area contributed by atoms with E-state index in [1.54, 1.807) is 13.8 Å². The van der Waals surface area contributed by atoms with Gasteiger partial charge in [-0.05, 0) is 0 Å². The Morgan fingerprint density at radius 1 is 1.23 bits per heavy atom. The lowest BCUT2D eigenvalue weighted by atomic mass is 10.2. The Balaban J connectivity index is 3.80. The first-order valence-electron chi connectivity index (χ1n) is 4.07. The van der Waals surface area contributed by atoms with E-state index in [1.165, 1.54) is 6.92 Å². The van der Waals surface area contributed by atoms with Crippen LogP contribution in [0.5, 0.6) is 0 Å². The number of esters is 2. The van der Waals surface area contributed by atoms with Gasteiger partial charge in [-0.2, -0.15) is 0 Å². The van der Waals surface area contributed by atoms with Gasteiger partial charge in [0.1, 0.15) is 0 Å². The zero-order valence-electron chi connectivity index (χ0n) is 8.07. The van der Waals surface area contributed by atoms with Crippen molar-refractivity contribution in [3.63, 3.8) is 0 Å². The van der Waals surface area contributed by atoms with E-state index in [2.05, 4.69) is 4.74 Å². The monoisotopic (exact) mass is 189 g/mol. The van der Waals surface area contributed by atoms with Crippen LogP contribution in [0.15, 0.2) is 0 Å². The molecule has 0 aliphatic rings. The van der Waals surface area contributed by atoms with Crippen LogP contribution in [-0.2, 0) is 19.1 Å². The summed E-state index contributed by atoms with van der Waals surface area (Å²) in [6, 6.07) is 0. The molecule has 76 valence electrons. The molecular weight excluding hydrogens is 174 g/mol. The second kappa shape index (κ2) is 5.53. The van der Waals surface area contributed by atoms with Crippen molar-refractivity contribution in [3.8, 4) is 0 Å². The van der Waals surface area contributed by atoms with Crippen LogP contribution in [0.2, 0.25) is 0 Å². The number of carbonyl (C=O) groups excluding carboxylic acids is 2. The largest absolute Gasteiger partial charge is 0.425 e. The summed E-state index contributed by atoms with van der Waals surface area (Å²) in [5.74, 6) is -1.24. The van der Waals surface area contributed by atoms with Crippen LogP contribution >= 0.6 is 0 Å². The molecule has 13 heavy (non-hydrogen) atoms. The van der Waals surface area contributed by atoms with Crippen molar-refractivity contribution in [2.75, 3.05) is 6.54 Å². The van der Waals surface area contributed by atoms with Crippen molar-refractivity contribution < 1.29 is 19.1 Å². The Hall–Kier alpha value is -1.10. The Kier molecular flexibility index (Phi) is 5.06. The summed E-state index contributed by atoms with van der Waals surface area (Å²) in [4.78, 5) is 21.6. The minimum atomic E-state index is -0.869. The lowest BCUT2D eigenvalue weighted by Crippen LogP contribution is -2.27. The molecular formula is C8H15NO4. The van der Waals surface area contributed by atoms with Gasteiger partial charge in [-0.3, -0.25) is 9.59 Å². The van der Waals surface area contributed by atoms with E-state index in [0.717, 1.165) is 0 Å². The van der Waals surface area contributed by atoms with Gasteiger partial charge in [-0.25, -0.2) is 0 Å². The van der Waals surface area contributed by atoms with E-state index < -0.39 is 18.2 Å². The predicted molar refractivity (Wildman–Crippen MR) is 45.5 cm³/mol. The van der Waals surface area contributed by atoms with Gasteiger partial charge in [0.25, 0.3) is 0 Å². The molecule has 0 heterocycles. The SMILES string of the molecule is CC(OC(=O)CN)OC(=O)C(C)C. The van der Waals surface area contributed by atoms with Crippen molar-refractivity contribution in [3.05, 3.63) is 0 Å². The van der Waals surface area contributed by atoms with Crippen LogP contribution in [-0.4, -0.2) is 24.8 Å². The minimum absolute atomic E-state index is 0.219. The van der Waals surface area contributed by atoms with E-state index in [4.69, 9.17) is 10.5 Å². The Labute approximate surface area is 77.2 Å². The number of rotatable bonds is 4. The molecule has 5 nitrogen and oxygen atoms in total. The molecule has 5 heteroatoms. The minimum Gasteiger partial charge on any atom is -0.425 e. The van der Waals surface area contributed by atoms with E-state index in [-0.39, 0.29) is 12.5 Å². The number of ether oxygens (including phenoxy) is 2. The van der Waals surface area contributed by atoms with Gasteiger partial charge in [0, 0.05) is 6.92 Å². The fourth-order valence-corrected chi connectivity index (χ4v) is 0.557. The molecule has 0 aromatic heterocycles. The topological polar surface area (TPSA) is 78.6 Å². The first kappa shape index (κ1) is 11.9. The van der Waals surface area contributed by atoms with Crippen LogP contribution in [0.4, 0.5) is 0 Å².